The van der Waals surface area contributed by atoms with Gasteiger partial charge in [-0.15, -0.1) is 0 Å². The number of rotatable bonds is 8. The Balaban J connectivity index is 1.78. The zero-order chi connectivity index (χ0) is 21.3. The molecule has 2 aromatic heterocycles. The molecule has 30 heavy (non-hydrogen) atoms. The van der Waals surface area contributed by atoms with Gasteiger partial charge in [0.05, 0.1) is 34.3 Å². The lowest BCUT2D eigenvalue weighted by molar-refractivity contribution is 0.310. The average molecular weight is 427 g/mol. The van der Waals surface area contributed by atoms with E-state index in [0.717, 1.165) is 71.1 Å². The fourth-order valence-corrected chi connectivity index (χ4v) is 3.88. The molecular formula is C23H27ClN4O2. The molecule has 1 saturated carbocycles. The number of aromatic nitrogens is 3. The van der Waals surface area contributed by atoms with Crippen molar-refractivity contribution in [1.82, 2.24) is 20.4 Å². The van der Waals surface area contributed by atoms with Crippen LogP contribution in [0, 0.1) is 20.8 Å². The van der Waals surface area contributed by atoms with E-state index in [0.29, 0.717) is 23.4 Å². The number of ether oxygens (including phenoxy) is 1. The smallest absolute Gasteiger partial charge is 0.161 e. The van der Waals surface area contributed by atoms with E-state index in [2.05, 4.69) is 17.4 Å². The molecule has 0 saturated heterocycles. The minimum absolute atomic E-state index is 0.478. The molecule has 158 valence electrons. The molecule has 4 rings (SSSR count). The van der Waals surface area contributed by atoms with Crippen molar-refractivity contribution in [3.8, 4) is 28.4 Å². The maximum absolute atomic E-state index is 6.57. The Morgan fingerprint density at radius 2 is 2.00 bits per heavy atom. The summed E-state index contributed by atoms with van der Waals surface area (Å²) in [5, 5.41) is 7.85. The molecule has 0 amide bonds. The van der Waals surface area contributed by atoms with Crippen molar-refractivity contribution in [2.24, 2.45) is 0 Å². The lowest BCUT2D eigenvalue weighted by Crippen LogP contribution is -2.11. The molecular weight excluding hydrogens is 400 g/mol. The second-order valence-electron chi connectivity index (χ2n) is 7.83. The molecule has 0 spiro atoms. The standard InChI is InChI=1S/C23H27ClN4O2/c1-13-21(16-6-7-16)26-23(27-22(13)20-14(2)28-30-15(20)3)18-12-17(8-9-19(18)24)29-11-5-10-25-4/h8-9,12,16,25H,5-7,10-11H2,1-4H3. The Morgan fingerprint density at radius 3 is 2.67 bits per heavy atom. The molecule has 6 nitrogen and oxygen atoms in total. The van der Waals surface area contributed by atoms with Crippen molar-refractivity contribution in [1.29, 1.82) is 0 Å². The van der Waals surface area contributed by atoms with E-state index in [-0.39, 0.29) is 0 Å². The zero-order valence-corrected chi connectivity index (χ0v) is 18.6. The molecule has 0 radical (unpaired) electrons. The quantitative estimate of drug-likeness (QED) is 0.496. The third-order valence-electron chi connectivity index (χ3n) is 5.44. The van der Waals surface area contributed by atoms with Crippen LogP contribution in [0.4, 0.5) is 0 Å². The third-order valence-corrected chi connectivity index (χ3v) is 5.77. The fraction of sp³-hybridized carbons (Fsp3) is 0.435. The number of hydrogen-bond acceptors (Lipinski definition) is 6. The molecule has 1 aliphatic carbocycles. The van der Waals surface area contributed by atoms with Crippen LogP contribution in [-0.4, -0.2) is 35.3 Å². The molecule has 0 aliphatic heterocycles. The first-order chi connectivity index (χ1) is 14.5. The molecule has 1 aromatic carbocycles. The number of aryl methyl sites for hydroxylation is 2. The molecule has 1 fully saturated rings. The van der Waals surface area contributed by atoms with Gasteiger partial charge >= 0.3 is 0 Å². The maximum atomic E-state index is 6.57. The summed E-state index contributed by atoms with van der Waals surface area (Å²) in [4.78, 5) is 9.86. The van der Waals surface area contributed by atoms with Crippen molar-refractivity contribution in [3.63, 3.8) is 0 Å². The number of benzene rings is 1. The molecule has 1 aliphatic rings. The lowest BCUT2D eigenvalue weighted by Gasteiger charge is -2.14. The van der Waals surface area contributed by atoms with Gasteiger partial charge in [0.25, 0.3) is 0 Å². The summed E-state index contributed by atoms with van der Waals surface area (Å²) >= 11 is 6.57. The highest BCUT2D eigenvalue weighted by Crippen LogP contribution is 2.44. The highest BCUT2D eigenvalue weighted by molar-refractivity contribution is 6.33. The van der Waals surface area contributed by atoms with Crippen LogP contribution in [0.1, 0.15) is 47.9 Å². The predicted octanol–water partition coefficient (Wildman–Crippen LogP) is 5.24. The molecule has 0 atom stereocenters. The Labute approximate surface area is 182 Å². The van der Waals surface area contributed by atoms with Gasteiger partial charge in [0, 0.05) is 11.5 Å². The van der Waals surface area contributed by atoms with Gasteiger partial charge in [-0.3, -0.25) is 0 Å². The van der Waals surface area contributed by atoms with Crippen LogP contribution in [-0.2, 0) is 0 Å². The monoisotopic (exact) mass is 426 g/mol. The minimum atomic E-state index is 0.478. The highest BCUT2D eigenvalue weighted by Gasteiger charge is 2.30. The van der Waals surface area contributed by atoms with Crippen molar-refractivity contribution in [2.45, 2.75) is 46.0 Å². The Bertz CT molecular complexity index is 1040. The molecule has 2 heterocycles. The van der Waals surface area contributed by atoms with Gasteiger partial charge in [-0.05, 0) is 77.4 Å². The second-order valence-corrected chi connectivity index (χ2v) is 8.23. The number of hydrogen-bond donors (Lipinski definition) is 1. The number of nitrogens with zero attached hydrogens (tertiary/aromatic N) is 3. The van der Waals surface area contributed by atoms with E-state index in [1.807, 2.05) is 39.1 Å². The molecule has 0 unspecified atom stereocenters. The van der Waals surface area contributed by atoms with Gasteiger partial charge in [0.2, 0.25) is 0 Å². The van der Waals surface area contributed by atoms with E-state index < -0.39 is 0 Å². The summed E-state index contributed by atoms with van der Waals surface area (Å²) in [5.41, 5.74) is 5.59. The van der Waals surface area contributed by atoms with E-state index in [9.17, 15) is 0 Å². The average Bonchev–Trinajstić information content (AvgIpc) is 3.52. The Kier molecular flexibility index (Phi) is 6.06. The molecule has 7 heteroatoms. The molecule has 1 N–H and O–H groups in total. The summed E-state index contributed by atoms with van der Waals surface area (Å²) in [5.74, 6) is 2.62. The van der Waals surface area contributed by atoms with Gasteiger partial charge < -0.3 is 14.6 Å². The highest BCUT2D eigenvalue weighted by atomic mass is 35.5. The van der Waals surface area contributed by atoms with Crippen LogP contribution in [0.15, 0.2) is 22.7 Å². The van der Waals surface area contributed by atoms with Crippen molar-refractivity contribution in [2.75, 3.05) is 20.2 Å². The maximum Gasteiger partial charge on any atom is 0.161 e. The van der Waals surface area contributed by atoms with Crippen molar-refractivity contribution < 1.29 is 9.26 Å². The summed E-state index contributed by atoms with van der Waals surface area (Å²) in [6.45, 7) is 7.49. The van der Waals surface area contributed by atoms with E-state index in [1.165, 1.54) is 0 Å². The van der Waals surface area contributed by atoms with Gasteiger partial charge in [0.1, 0.15) is 11.5 Å². The SMILES string of the molecule is CNCCCOc1ccc(Cl)c(-c2nc(-c3c(C)noc3C)c(C)c(C3CC3)n2)c1. The van der Waals surface area contributed by atoms with Crippen LogP contribution in [0.5, 0.6) is 5.75 Å². The largest absolute Gasteiger partial charge is 0.494 e. The normalized spacial score (nSPS) is 13.6. The van der Waals surface area contributed by atoms with Crippen LogP contribution < -0.4 is 10.1 Å². The first-order valence-electron chi connectivity index (χ1n) is 10.4. The summed E-state index contributed by atoms with van der Waals surface area (Å²) in [7, 11) is 1.93. The van der Waals surface area contributed by atoms with Crippen molar-refractivity contribution in [3.05, 3.63) is 45.9 Å². The first-order valence-corrected chi connectivity index (χ1v) is 10.8. The van der Waals surface area contributed by atoms with Crippen LogP contribution in [0.2, 0.25) is 5.02 Å². The topological polar surface area (TPSA) is 73.1 Å². The Morgan fingerprint density at radius 1 is 1.20 bits per heavy atom. The van der Waals surface area contributed by atoms with Gasteiger partial charge in [0.15, 0.2) is 5.82 Å². The van der Waals surface area contributed by atoms with Gasteiger partial charge in [-0.25, -0.2) is 9.97 Å². The van der Waals surface area contributed by atoms with E-state index in [1.54, 1.807) is 0 Å². The van der Waals surface area contributed by atoms with Gasteiger partial charge in [-0.2, -0.15) is 0 Å². The third kappa shape index (κ3) is 4.20. The van der Waals surface area contributed by atoms with Crippen molar-refractivity contribution >= 4 is 11.6 Å². The fourth-order valence-electron chi connectivity index (χ4n) is 3.68. The van der Waals surface area contributed by atoms with Crippen LogP contribution in [0.3, 0.4) is 0 Å². The van der Waals surface area contributed by atoms with Gasteiger partial charge in [-0.1, -0.05) is 16.8 Å². The van der Waals surface area contributed by atoms with Crippen LogP contribution in [0.25, 0.3) is 22.6 Å². The summed E-state index contributed by atoms with van der Waals surface area (Å²) in [6.07, 6.45) is 3.23. The van der Waals surface area contributed by atoms with Crippen LogP contribution >= 0.6 is 11.6 Å². The zero-order valence-electron chi connectivity index (χ0n) is 17.9. The molecule has 0 bridgehead atoms. The molecule has 3 aromatic rings. The second kappa shape index (κ2) is 8.74. The summed E-state index contributed by atoms with van der Waals surface area (Å²) in [6, 6.07) is 5.66. The summed E-state index contributed by atoms with van der Waals surface area (Å²) < 4.78 is 11.3. The Hall–Kier alpha value is -2.44. The minimum Gasteiger partial charge on any atom is -0.494 e. The van der Waals surface area contributed by atoms with E-state index in [4.69, 9.17) is 30.8 Å². The van der Waals surface area contributed by atoms with E-state index >= 15 is 0 Å². The predicted molar refractivity (Wildman–Crippen MR) is 118 cm³/mol. The lowest BCUT2D eigenvalue weighted by atomic mass is 10.0. The number of nitrogens with one attached hydrogen (secondary N) is 1. The number of halogens is 1. The first kappa shape index (κ1) is 20.8.